The summed E-state index contributed by atoms with van der Waals surface area (Å²) >= 11 is 0. The number of carboxylic acids is 1. The molecule has 20 heavy (non-hydrogen) atoms. The average Bonchev–Trinajstić information content (AvgIpc) is 2.46. The van der Waals surface area contributed by atoms with Crippen molar-refractivity contribution in [3.8, 4) is 17.6 Å². The van der Waals surface area contributed by atoms with Gasteiger partial charge in [-0.3, -0.25) is 0 Å². The second-order valence-electron chi connectivity index (χ2n) is 4.24. The maximum Gasteiger partial charge on any atom is 0.335 e. The first-order valence-electron chi connectivity index (χ1n) is 6.17. The first-order chi connectivity index (χ1) is 9.66. The van der Waals surface area contributed by atoms with Crippen LogP contribution in [-0.2, 0) is 0 Å². The normalized spacial score (nSPS) is 9.45. The minimum absolute atomic E-state index is 0.255. The number of rotatable bonds is 3. The maximum absolute atomic E-state index is 10.8. The number of aromatic carboxylic acids is 1. The van der Waals surface area contributed by atoms with Gasteiger partial charge in [0.1, 0.15) is 12.4 Å². The Morgan fingerprint density at radius 2 is 1.95 bits per heavy atom. The predicted molar refractivity (Wildman–Crippen MR) is 77.0 cm³/mol. The van der Waals surface area contributed by atoms with Gasteiger partial charge in [-0.25, -0.2) is 4.79 Å². The standard InChI is InChI=1S/C17H14O3/c1-13-12-15(17(18)19)9-10-16(13)20-11-5-8-14-6-3-2-4-7-14/h2-4,6-7,9-10,12H,11H2,1H3,(H,18,19). The van der Waals surface area contributed by atoms with E-state index in [1.165, 1.54) is 6.07 Å². The lowest BCUT2D eigenvalue weighted by molar-refractivity contribution is 0.0696. The highest BCUT2D eigenvalue weighted by atomic mass is 16.5. The molecule has 0 unspecified atom stereocenters. The van der Waals surface area contributed by atoms with Gasteiger partial charge in [0.05, 0.1) is 5.56 Å². The van der Waals surface area contributed by atoms with Gasteiger partial charge in [0.25, 0.3) is 0 Å². The lowest BCUT2D eigenvalue weighted by Crippen LogP contribution is -2.00. The summed E-state index contributed by atoms with van der Waals surface area (Å²) in [4.78, 5) is 10.8. The quantitative estimate of drug-likeness (QED) is 0.868. The zero-order valence-electron chi connectivity index (χ0n) is 11.1. The molecule has 2 aromatic rings. The number of carboxylic acid groups (broad SMARTS) is 1. The Balaban J connectivity index is 1.98. The smallest absolute Gasteiger partial charge is 0.335 e. The van der Waals surface area contributed by atoms with E-state index in [9.17, 15) is 4.79 Å². The fourth-order valence-electron chi connectivity index (χ4n) is 1.72. The van der Waals surface area contributed by atoms with Crippen molar-refractivity contribution in [2.75, 3.05) is 6.61 Å². The Bertz CT molecular complexity index is 664. The summed E-state index contributed by atoms with van der Waals surface area (Å²) in [6, 6.07) is 14.4. The van der Waals surface area contributed by atoms with Gasteiger partial charge in [-0.2, -0.15) is 0 Å². The average molecular weight is 266 g/mol. The third-order valence-electron chi connectivity index (χ3n) is 2.73. The fraction of sp³-hybridized carbons (Fsp3) is 0.118. The number of carbonyl (C=O) groups is 1. The topological polar surface area (TPSA) is 46.5 Å². The summed E-state index contributed by atoms with van der Waals surface area (Å²) in [6.45, 7) is 2.08. The molecule has 0 saturated carbocycles. The largest absolute Gasteiger partial charge is 0.481 e. The van der Waals surface area contributed by atoms with Gasteiger partial charge in [-0.05, 0) is 42.8 Å². The number of hydrogen-bond acceptors (Lipinski definition) is 2. The monoisotopic (exact) mass is 266 g/mol. The van der Waals surface area contributed by atoms with E-state index in [-0.39, 0.29) is 12.2 Å². The van der Waals surface area contributed by atoms with E-state index in [4.69, 9.17) is 9.84 Å². The highest BCUT2D eigenvalue weighted by Crippen LogP contribution is 2.18. The lowest BCUT2D eigenvalue weighted by Gasteiger charge is -2.06. The molecule has 0 aliphatic carbocycles. The van der Waals surface area contributed by atoms with Gasteiger partial charge < -0.3 is 9.84 Å². The van der Waals surface area contributed by atoms with Crippen LogP contribution in [-0.4, -0.2) is 17.7 Å². The highest BCUT2D eigenvalue weighted by Gasteiger charge is 2.05. The van der Waals surface area contributed by atoms with E-state index in [2.05, 4.69) is 11.8 Å². The first-order valence-corrected chi connectivity index (χ1v) is 6.17. The van der Waals surface area contributed by atoms with Crippen molar-refractivity contribution in [1.82, 2.24) is 0 Å². The van der Waals surface area contributed by atoms with E-state index in [0.29, 0.717) is 5.75 Å². The van der Waals surface area contributed by atoms with E-state index in [1.807, 2.05) is 37.3 Å². The van der Waals surface area contributed by atoms with Crippen LogP contribution < -0.4 is 4.74 Å². The number of aryl methyl sites for hydroxylation is 1. The molecule has 0 saturated heterocycles. The van der Waals surface area contributed by atoms with Crippen LogP contribution >= 0.6 is 0 Å². The molecule has 0 aromatic heterocycles. The Labute approximate surface area is 117 Å². The van der Waals surface area contributed by atoms with Crippen molar-refractivity contribution in [3.63, 3.8) is 0 Å². The molecule has 0 spiro atoms. The molecule has 0 fully saturated rings. The van der Waals surface area contributed by atoms with Crippen molar-refractivity contribution in [2.24, 2.45) is 0 Å². The summed E-state index contributed by atoms with van der Waals surface area (Å²) in [5, 5.41) is 8.88. The maximum atomic E-state index is 10.8. The summed E-state index contributed by atoms with van der Waals surface area (Å²) in [5.74, 6) is 5.63. The van der Waals surface area contributed by atoms with Gasteiger partial charge in [0.15, 0.2) is 0 Å². The van der Waals surface area contributed by atoms with Crippen molar-refractivity contribution in [2.45, 2.75) is 6.92 Å². The summed E-state index contributed by atoms with van der Waals surface area (Å²) in [7, 11) is 0. The molecule has 3 heteroatoms. The molecule has 0 amide bonds. The van der Waals surface area contributed by atoms with Crippen LogP contribution in [0, 0.1) is 18.8 Å². The second-order valence-corrected chi connectivity index (χ2v) is 4.24. The third kappa shape index (κ3) is 3.63. The molecule has 2 rings (SSSR count). The number of ether oxygens (including phenoxy) is 1. The van der Waals surface area contributed by atoms with Crippen LogP contribution in [0.15, 0.2) is 48.5 Å². The predicted octanol–water partition coefficient (Wildman–Crippen LogP) is 3.12. The summed E-state index contributed by atoms with van der Waals surface area (Å²) in [5.41, 5.74) is 1.98. The van der Waals surface area contributed by atoms with Gasteiger partial charge in [0, 0.05) is 5.56 Å². The van der Waals surface area contributed by atoms with Crippen LogP contribution in [0.25, 0.3) is 0 Å². The highest BCUT2D eigenvalue weighted by molar-refractivity contribution is 5.88. The molecule has 0 radical (unpaired) electrons. The summed E-state index contributed by atoms with van der Waals surface area (Å²) in [6.07, 6.45) is 0. The van der Waals surface area contributed by atoms with Gasteiger partial charge in [-0.15, -0.1) is 0 Å². The number of benzene rings is 2. The van der Waals surface area contributed by atoms with Crippen molar-refractivity contribution in [3.05, 3.63) is 65.2 Å². The zero-order chi connectivity index (χ0) is 14.4. The third-order valence-corrected chi connectivity index (χ3v) is 2.73. The zero-order valence-corrected chi connectivity index (χ0v) is 11.1. The molecule has 3 nitrogen and oxygen atoms in total. The van der Waals surface area contributed by atoms with E-state index in [0.717, 1.165) is 11.1 Å². The Morgan fingerprint density at radius 3 is 2.60 bits per heavy atom. The van der Waals surface area contributed by atoms with Crippen molar-refractivity contribution in [1.29, 1.82) is 0 Å². The second kappa shape index (κ2) is 6.44. The van der Waals surface area contributed by atoms with Crippen molar-refractivity contribution >= 4 is 5.97 Å². The van der Waals surface area contributed by atoms with Crippen molar-refractivity contribution < 1.29 is 14.6 Å². The van der Waals surface area contributed by atoms with Crippen LogP contribution in [0.3, 0.4) is 0 Å². The summed E-state index contributed by atoms with van der Waals surface area (Å²) < 4.78 is 5.53. The van der Waals surface area contributed by atoms with E-state index >= 15 is 0 Å². The molecule has 0 bridgehead atoms. The van der Waals surface area contributed by atoms with Gasteiger partial charge in [0.2, 0.25) is 0 Å². The van der Waals surface area contributed by atoms with Crippen LogP contribution in [0.5, 0.6) is 5.75 Å². The Morgan fingerprint density at radius 1 is 1.20 bits per heavy atom. The Kier molecular flexibility index (Phi) is 4.41. The number of hydrogen-bond donors (Lipinski definition) is 1. The molecule has 0 aliphatic heterocycles. The first kappa shape index (κ1) is 13.7. The minimum atomic E-state index is -0.941. The van der Waals surface area contributed by atoms with Crippen LogP contribution in [0.1, 0.15) is 21.5 Å². The van der Waals surface area contributed by atoms with Crippen LogP contribution in [0.4, 0.5) is 0 Å². The molecule has 2 aromatic carbocycles. The molecular formula is C17H14O3. The molecular weight excluding hydrogens is 252 g/mol. The van der Waals surface area contributed by atoms with Gasteiger partial charge in [-0.1, -0.05) is 30.0 Å². The molecule has 0 aliphatic rings. The van der Waals surface area contributed by atoms with E-state index < -0.39 is 5.97 Å². The van der Waals surface area contributed by atoms with Gasteiger partial charge >= 0.3 is 5.97 Å². The molecule has 1 N–H and O–H groups in total. The molecule has 0 heterocycles. The Hall–Kier alpha value is -2.73. The fourth-order valence-corrected chi connectivity index (χ4v) is 1.72. The molecule has 100 valence electrons. The SMILES string of the molecule is Cc1cc(C(=O)O)ccc1OCC#Cc1ccccc1. The minimum Gasteiger partial charge on any atom is -0.481 e. The van der Waals surface area contributed by atoms with Crippen LogP contribution in [0.2, 0.25) is 0 Å². The lowest BCUT2D eigenvalue weighted by atomic mass is 10.1. The molecule has 0 atom stereocenters. The van der Waals surface area contributed by atoms with E-state index in [1.54, 1.807) is 12.1 Å².